The standard InChI is InChI=1S/C18H18N2O7/c1-25-15-4-2-3-5-16(15)26-12-17(21)19-11-10-18(22)27-14-8-6-13(7-9-14)20(23)24/h2-9H,10-12H2,1H3,(H,19,21). The van der Waals surface area contributed by atoms with Crippen molar-refractivity contribution in [2.75, 3.05) is 20.3 Å². The predicted octanol–water partition coefficient (Wildman–Crippen LogP) is 2.09. The fourth-order valence-corrected chi connectivity index (χ4v) is 2.05. The van der Waals surface area contributed by atoms with Crippen LogP contribution in [0.4, 0.5) is 5.69 Å². The van der Waals surface area contributed by atoms with Crippen molar-refractivity contribution in [3.63, 3.8) is 0 Å². The van der Waals surface area contributed by atoms with Crippen molar-refractivity contribution in [1.29, 1.82) is 0 Å². The van der Waals surface area contributed by atoms with Crippen molar-refractivity contribution >= 4 is 17.6 Å². The number of carbonyl (C=O) groups excluding carboxylic acids is 2. The van der Waals surface area contributed by atoms with Crippen LogP contribution in [0.5, 0.6) is 17.2 Å². The molecule has 0 aliphatic rings. The topological polar surface area (TPSA) is 117 Å². The van der Waals surface area contributed by atoms with Crippen LogP contribution in [0.1, 0.15) is 6.42 Å². The van der Waals surface area contributed by atoms with E-state index < -0.39 is 16.8 Å². The van der Waals surface area contributed by atoms with Crippen molar-refractivity contribution in [2.24, 2.45) is 0 Å². The number of esters is 1. The lowest BCUT2D eigenvalue weighted by atomic mass is 10.3. The van der Waals surface area contributed by atoms with Crippen LogP contribution in [0.2, 0.25) is 0 Å². The van der Waals surface area contributed by atoms with E-state index in [1.54, 1.807) is 24.3 Å². The lowest BCUT2D eigenvalue weighted by molar-refractivity contribution is -0.384. The van der Waals surface area contributed by atoms with E-state index in [2.05, 4.69) is 5.32 Å². The third-order valence-electron chi connectivity index (χ3n) is 3.36. The molecule has 2 rings (SSSR count). The zero-order valence-corrected chi connectivity index (χ0v) is 14.5. The van der Waals surface area contributed by atoms with Crippen molar-refractivity contribution in [2.45, 2.75) is 6.42 Å². The molecule has 0 radical (unpaired) electrons. The molecule has 0 aromatic heterocycles. The minimum atomic E-state index is -0.574. The average molecular weight is 374 g/mol. The van der Waals surface area contributed by atoms with Gasteiger partial charge in [0.1, 0.15) is 5.75 Å². The van der Waals surface area contributed by atoms with Gasteiger partial charge in [-0.15, -0.1) is 0 Å². The summed E-state index contributed by atoms with van der Waals surface area (Å²) in [6.07, 6.45) is -0.0581. The first-order valence-electron chi connectivity index (χ1n) is 7.97. The monoisotopic (exact) mass is 374 g/mol. The summed E-state index contributed by atoms with van der Waals surface area (Å²) in [6.45, 7) is -0.155. The Labute approximate surface area is 155 Å². The Morgan fingerprint density at radius 1 is 1.07 bits per heavy atom. The highest BCUT2D eigenvalue weighted by Gasteiger charge is 2.10. The second-order valence-corrected chi connectivity index (χ2v) is 5.26. The number of nitro benzene ring substituents is 1. The van der Waals surface area contributed by atoms with Gasteiger partial charge < -0.3 is 19.5 Å². The molecule has 2 aromatic rings. The second kappa shape index (κ2) is 9.76. The maximum atomic E-state index is 11.8. The first kappa shape index (κ1) is 19.7. The number of carbonyl (C=O) groups is 2. The zero-order chi connectivity index (χ0) is 19.6. The van der Waals surface area contributed by atoms with E-state index in [9.17, 15) is 19.7 Å². The molecule has 27 heavy (non-hydrogen) atoms. The number of para-hydroxylation sites is 2. The molecule has 1 N–H and O–H groups in total. The molecule has 0 spiro atoms. The summed E-state index contributed by atoms with van der Waals surface area (Å²) in [4.78, 5) is 33.5. The molecule has 0 fully saturated rings. The summed E-state index contributed by atoms with van der Waals surface area (Å²) < 4.78 is 15.5. The molecule has 0 heterocycles. The number of amides is 1. The Morgan fingerprint density at radius 3 is 2.37 bits per heavy atom. The third kappa shape index (κ3) is 6.31. The summed E-state index contributed by atoms with van der Waals surface area (Å²) in [6, 6.07) is 12.0. The molecule has 0 saturated heterocycles. The molecule has 142 valence electrons. The quantitative estimate of drug-likeness (QED) is 0.309. The van der Waals surface area contributed by atoms with Crippen LogP contribution < -0.4 is 19.5 Å². The average Bonchev–Trinajstić information content (AvgIpc) is 2.67. The Bertz CT molecular complexity index is 806. The van der Waals surface area contributed by atoms with Crippen LogP contribution in [-0.2, 0) is 9.59 Å². The minimum absolute atomic E-state index is 0.0581. The Hall–Kier alpha value is -3.62. The lowest BCUT2D eigenvalue weighted by Gasteiger charge is -2.10. The molecular weight excluding hydrogens is 356 g/mol. The van der Waals surface area contributed by atoms with Crippen molar-refractivity contribution in [3.8, 4) is 17.2 Å². The van der Waals surface area contributed by atoms with E-state index in [1.165, 1.54) is 31.4 Å². The smallest absolute Gasteiger partial charge is 0.312 e. The molecule has 0 aliphatic carbocycles. The molecule has 9 nitrogen and oxygen atoms in total. The highest BCUT2D eigenvalue weighted by Crippen LogP contribution is 2.25. The number of benzene rings is 2. The predicted molar refractivity (Wildman–Crippen MR) is 94.8 cm³/mol. The van der Waals surface area contributed by atoms with E-state index in [-0.39, 0.29) is 31.0 Å². The number of non-ortho nitro benzene ring substituents is 1. The summed E-state index contributed by atoms with van der Waals surface area (Å²) in [5.74, 6) is 0.167. The van der Waals surface area contributed by atoms with Gasteiger partial charge in [-0.3, -0.25) is 19.7 Å². The molecule has 2 aromatic carbocycles. The molecule has 0 unspecified atom stereocenters. The minimum Gasteiger partial charge on any atom is -0.493 e. The second-order valence-electron chi connectivity index (χ2n) is 5.26. The summed E-state index contributed by atoms with van der Waals surface area (Å²) in [5.41, 5.74) is -0.0999. The molecule has 1 amide bonds. The van der Waals surface area contributed by atoms with Crippen LogP contribution >= 0.6 is 0 Å². The number of nitrogens with one attached hydrogen (secondary N) is 1. The highest BCUT2D eigenvalue weighted by atomic mass is 16.6. The van der Waals surface area contributed by atoms with Gasteiger partial charge >= 0.3 is 5.97 Å². The van der Waals surface area contributed by atoms with Gasteiger partial charge in [-0.1, -0.05) is 12.1 Å². The zero-order valence-electron chi connectivity index (χ0n) is 14.5. The van der Waals surface area contributed by atoms with E-state index in [1.807, 2.05) is 0 Å². The van der Waals surface area contributed by atoms with Crippen LogP contribution in [0.25, 0.3) is 0 Å². The van der Waals surface area contributed by atoms with Gasteiger partial charge in [0, 0.05) is 18.7 Å². The van der Waals surface area contributed by atoms with Crippen molar-refractivity contribution in [3.05, 3.63) is 58.6 Å². The van der Waals surface area contributed by atoms with Crippen LogP contribution in [-0.4, -0.2) is 37.1 Å². The van der Waals surface area contributed by atoms with Gasteiger partial charge in [-0.2, -0.15) is 0 Å². The third-order valence-corrected chi connectivity index (χ3v) is 3.36. The SMILES string of the molecule is COc1ccccc1OCC(=O)NCCC(=O)Oc1ccc([N+](=O)[O-])cc1. The number of ether oxygens (including phenoxy) is 3. The Kier molecular flexibility index (Phi) is 7.12. The van der Waals surface area contributed by atoms with Gasteiger partial charge in [-0.05, 0) is 24.3 Å². The highest BCUT2D eigenvalue weighted by molar-refractivity contribution is 5.78. The van der Waals surface area contributed by atoms with Crippen LogP contribution in [0.15, 0.2) is 48.5 Å². The van der Waals surface area contributed by atoms with Crippen LogP contribution in [0.3, 0.4) is 0 Å². The fourth-order valence-electron chi connectivity index (χ4n) is 2.05. The van der Waals surface area contributed by atoms with E-state index in [0.29, 0.717) is 11.5 Å². The van der Waals surface area contributed by atoms with E-state index >= 15 is 0 Å². The fraction of sp³-hybridized carbons (Fsp3) is 0.222. The first-order valence-corrected chi connectivity index (χ1v) is 7.97. The van der Waals surface area contributed by atoms with Gasteiger partial charge in [-0.25, -0.2) is 0 Å². The number of hydrogen-bond donors (Lipinski definition) is 1. The molecule has 0 bridgehead atoms. The molecular formula is C18H18N2O7. The summed E-state index contributed by atoms with van der Waals surface area (Å²) in [5, 5.41) is 13.1. The maximum absolute atomic E-state index is 11.8. The summed E-state index contributed by atoms with van der Waals surface area (Å²) >= 11 is 0. The van der Waals surface area contributed by atoms with Gasteiger partial charge in [0.15, 0.2) is 18.1 Å². The maximum Gasteiger partial charge on any atom is 0.312 e. The number of methoxy groups -OCH3 is 1. The largest absolute Gasteiger partial charge is 0.493 e. The number of rotatable bonds is 9. The number of hydrogen-bond acceptors (Lipinski definition) is 7. The van der Waals surface area contributed by atoms with Gasteiger partial charge in [0.25, 0.3) is 11.6 Å². The molecule has 9 heteroatoms. The number of nitro groups is 1. The molecule has 0 aliphatic heterocycles. The van der Waals surface area contributed by atoms with E-state index in [0.717, 1.165) is 0 Å². The first-order chi connectivity index (χ1) is 13.0. The Balaban J connectivity index is 1.69. The van der Waals surface area contributed by atoms with Crippen LogP contribution in [0, 0.1) is 10.1 Å². The normalized spacial score (nSPS) is 9.96. The van der Waals surface area contributed by atoms with E-state index in [4.69, 9.17) is 14.2 Å². The Morgan fingerprint density at radius 2 is 1.74 bits per heavy atom. The number of nitrogens with zero attached hydrogens (tertiary/aromatic N) is 1. The van der Waals surface area contributed by atoms with Gasteiger partial charge in [0.05, 0.1) is 18.5 Å². The van der Waals surface area contributed by atoms with Crippen molar-refractivity contribution < 1.29 is 28.7 Å². The summed E-state index contributed by atoms with van der Waals surface area (Å²) in [7, 11) is 1.50. The van der Waals surface area contributed by atoms with Crippen molar-refractivity contribution in [1.82, 2.24) is 5.32 Å². The molecule has 0 saturated carbocycles. The van der Waals surface area contributed by atoms with Gasteiger partial charge in [0.2, 0.25) is 0 Å². The lowest BCUT2D eigenvalue weighted by Crippen LogP contribution is -2.31. The molecule has 0 atom stereocenters.